The number of carbonyl (C=O) groups is 2. The van der Waals surface area contributed by atoms with E-state index in [4.69, 9.17) is 4.42 Å². The van der Waals surface area contributed by atoms with Crippen molar-refractivity contribution < 1.29 is 14.0 Å². The maximum absolute atomic E-state index is 12.5. The summed E-state index contributed by atoms with van der Waals surface area (Å²) in [5.74, 6) is 1.73. The Morgan fingerprint density at radius 2 is 1.93 bits per heavy atom. The summed E-state index contributed by atoms with van der Waals surface area (Å²) in [6.07, 6.45) is 2.05. The van der Waals surface area contributed by atoms with Gasteiger partial charge in [0.1, 0.15) is 0 Å². The Kier molecular flexibility index (Phi) is 6.30. The molecule has 0 aliphatic carbocycles. The van der Waals surface area contributed by atoms with Crippen molar-refractivity contribution in [1.82, 2.24) is 14.8 Å². The van der Waals surface area contributed by atoms with Crippen molar-refractivity contribution in [2.45, 2.75) is 25.4 Å². The minimum Gasteiger partial charge on any atom is -0.461 e. The van der Waals surface area contributed by atoms with Gasteiger partial charge in [0.25, 0.3) is 0 Å². The molecule has 8 heteroatoms. The summed E-state index contributed by atoms with van der Waals surface area (Å²) in [4.78, 5) is 24.3. The molecule has 2 aromatic heterocycles. The third kappa shape index (κ3) is 4.89. The fourth-order valence-electron chi connectivity index (χ4n) is 2.60. The molecule has 2 heterocycles. The van der Waals surface area contributed by atoms with Gasteiger partial charge in [0.05, 0.1) is 12.0 Å². The van der Waals surface area contributed by atoms with Crippen molar-refractivity contribution in [2.75, 3.05) is 11.1 Å². The number of aromatic nitrogens is 3. The van der Waals surface area contributed by atoms with Gasteiger partial charge in [-0.25, -0.2) is 0 Å². The van der Waals surface area contributed by atoms with Crippen LogP contribution in [0.15, 0.2) is 52.2 Å². The Morgan fingerprint density at radius 1 is 1.18 bits per heavy atom. The Hall–Kier alpha value is -2.87. The zero-order valence-electron chi connectivity index (χ0n) is 16.0. The van der Waals surface area contributed by atoms with Gasteiger partial charge in [-0.15, -0.1) is 10.2 Å². The first-order chi connectivity index (χ1) is 13.4. The van der Waals surface area contributed by atoms with Crippen molar-refractivity contribution in [3.8, 4) is 11.6 Å². The maximum Gasteiger partial charge on any atom is 0.224 e. The predicted octanol–water partition coefficient (Wildman–Crippen LogP) is 4.03. The molecule has 0 saturated heterocycles. The van der Waals surface area contributed by atoms with Gasteiger partial charge in [-0.3, -0.25) is 9.59 Å². The molecule has 7 nitrogen and oxygen atoms in total. The van der Waals surface area contributed by atoms with Crippen molar-refractivity contribution in [3.63, 3.8) is 0 Å². The lowest BCUT2D eigenvalue weighted by atomic mass is 10.1. The number of anilines is 1. The van der Waals surface area contributed by atoms with Gasteiger partial charge in [0.2, 0.25) is 5.91 Å². The molecule has 0 aliphatic rings. The number of benzene rings is 1. The summed E-state index contributed by atoms with van der Waals surface area (Å²) >= 11 is 1.32. The van der Waals surface area contributed by atoms with Crippen LogP contribution >= 0.6 is 11.8 Å². The van der Waals surface area contributed by atoms with E-state index in [0.29, 0.717) is 40.3 Å². The zero-order valence-corrected chi connectivity index (χ0v) is 16.8. The van der Waals surface area contributed by atoms with E-state index < -0.39 is 0 Å². The third-order valence-corrected chi connectivity index (χ3v) is 5.01. The zero-order chi connectivity index (χ0) is 20.1. The highest BCUT2D eigenvalue weighted by Crippen LogP contribution is 2.23. The molecule has 28 heavy (non-hydrogen) atoms. The van der Waals surface area contributed by atoms with E-state index in [1.807, 2.05) is 27.0 Å². The first kappa shape index (κ1) is 19.9. The number of carbonyl (C=O) groups excluding carboxylic acids is 2. The van der Waals surface area contributed by atoms with Gasteiger partial charge < -0.3 is 14.3 Å². The van der Waals surface area contributed by atoms with Crippen LogP contribution in [0.5, 0.6) is 0 Å². The first-order valence-electron chi connectivity index (χ1n) is 8.93. The normalized spacial score (nSPS) is 11.0. The number of hydrogen-bond donors (Lipinski definition) is 1. The van der Waals surface area contributed by atoms with E-state index in [-0.39, 0.29) is 17.4 Å². The van der Waals surface area contributed by atoms with Gasteiger partial charge in [0, 0.05) is 24.7 Å². The molecule has 1 aromatic carbocycles. The minimum atomic E-state index is -0.0284. The highest BCUT2D eigenvalue weighted by molar-refractivity contribution is 7.99. The lowest BCUT2D eigenvalue weighted by Gasteiger charge is -2.08. The van der Waals surface area contributed by atoms with E-state index in [0.717, 1.165) is 0 Å². The summed E-state index contributed by atoms with van der Waals surface area (Å²) in [5.41, 5.74) is 1.27. The second kappa shape index (κ2) is 8.88. The Bertz CT molecular complexity index is 947. The summed E-state index contributed by atoms with van der Waals surface area (Å²) in [5, 5.41) is 11.7. The number of thioether (sulfide) groups is 1. The standard InChI is InChI=1S/C20H22N4O3S/c1-13(2)11-18(26)21-15-8-6-14(7-9-15)16(25)12-28-20-23-22-19(24(20)3)17-5-4-10-27-17/h4-10,13H,11-12H2,1-3H3,(H,21,26). The van der Waals surface area contributed by atoms with E-state index in [9.17, 15) is 9.59 Å². The van der Waals surface area contributed by atoms with Crippen molar-refractivity contribution in [3.05, 3.63) is 48.2 Å². The van der Waals surface area contributed by atoms with Gasteiger partial charge in [-0.05, 0) is 42.3 Å². The maximum atomic E-state index is 12.5. The lowest BCUT2D eigenvalue weighted by molar-refractivity contribution is -0.116. The quantitative estimate of drug-likeness (QED) is 0.455. The summed E-state index contributed by atoms with van der Waals surface area (Å²) < 4.78 is 7.13. The second-order valence-electron chi connectivity index (χ2n) is 6.78. The lowest BCUT2D eigenvalue weighted by Crippen LogP contribution is -2.14. The second-order valence-corrected chi connectivity index (χ2v) is 7.72. The van der Waals surface area contributed by atoms with Gasteiger partial charge >= 0.3 is 0 Å². The molecule has 0 saturated carbocycles. The van der Waals surface area contributed by atoms with Crippen LogP contribution in [0.1, 0.15) is 30.6 Å². The molecule has 0 radical (unpaired) electrons. The van der Waals surface area contributed by atoms with Crippen molar-refractivity contribution in [2.24, 2.45) is 13.0 Å². The molecule has 3 aromatic rings. The molecule has 0 aliphatic heterocycles. The molecule has 146 valence electrons. The topological polar surface area (TPSA) is 90.0 Å². The molecule has 0 unspecified atom stereocenters. The van der Waals surface area contributed by atoms with E-state index >= 15 is 0 Å². The van der Waals surface area contributed by atoms with Gasteiger partial charge in [0.15, 0.2) is 22.5 Å². The van der Waals surface area contributed by atoms with Crippen molar-refractivity contribution in [1.29, 1.82) is 0 Å². The number of rotatable bonds is 8. The highest BCUT2D eigenvalue weighted by Gasteiger charge is 2.15. The van der Waals surface area contributed by atoms with Crippen LogP contribution in [0.25, 0.3) is 11.6 Å². The largest absolute Gasteiger partial charge is 0.461 e. The van der Waals surface area contributed by atoms with E-state index in [1.54, 1.807) is 41.2 Å². The number of nitrogens with zero attached hydrogens (tertiary/aromatic N) is 3. The molecule has 0 bridgehead atoms. The predicted molar refractivity (Wildman–Crippen MR) is 108 cm³/mol. The fourth-order valence-corrected chi connectivity index (χ4v) is 3.40. The summed E-state index contributed by atoms with van der Waals surface area (Å²) in [7, 11) is 1.83. The monoisotopic (exact) mass is 398 g/mol. The Labute approximate surface area is 167 Å². The molecule has 0 spiro atoms. The molecular weight excluding hydrogens is 376 g/mol. The van der Waals surface area contributed by atoms with Crippen LogP contribution in [0.3, 0.4) is 0 Å². The number of hydrogen-bond acceptors (Lipinski definition) is 6. The van der Waals surface area contributed by atoms with Crippen LogP contribution in [-0.2, 0) is 11.8 Å². The van der Waals surface area contributed by atoms with Gasteiger partial charge in [-0.1, -0.05) is 25.6 Å². The van der Waals surface area contributed by atoms with E-state index in [1.165, 1.54) is 11.8 Å². The van der Waals surface area contributed by atoms with Crippen LogP contribution in [0.4, 0.5) is 5.69 Å². The number of furan rings is 1. The highest BCUT2D eigenvalue weighted by atomic mass is 32.2. The van der Waals surface area contributed by atoms with Crippen LogP contribution in [0, 0.1) is 5.92 Å². The average Bonchev–Trinajstić information content (AvgIpc) is 3.29. The van der Waals surface area contributed by atoms with Crippen molar-refractivity contribution >= 4 is 29.1 Å². The fraction of sp³-hybridized carbons (Fsp3) is 0.300. The molecular formula is C20H22N4O3S. The molecule has 3 rings (SSSR count). The number of nitrogens with one attached hydrogen (secondary N) is 1. The third-order valence-electron chi connectivity index (χ3n) is 3.99. The van der Waals surface area contributed by atoms with E-state index in [2.05, 4.69) is 15.5 Å². The Morgan fingerprint density at radius 3 is 2.57 bits per heavy atom. The Balaban J connectivity index is 1.57. The summed E-state index contributed by atoms with van der Waals surface area (Å²) in [6.45, 7) is 3.99. The van der Waals surface area contributed by atoms with Crippen LogP contribution in [0.2, 0.25) is 0 Å². The first-order valence-corrected chi connectivity index (χ1v) is 9.91. The number of amides is 1. The number of ketones is 1. The average molecular weight is 398 g/mol. The number of Topliss-reactive ketones (excluding diaryl/α,β-unsaturated/α-hetero) is 1. The smallest absolute Gasteiger partial charge is 0.224 e. The minimum absolute atomic E-state index is 0.0207. The van der Waals surface area contributed by atoms with Crippen LogP contribution in [-0.4, -0.2) is 32.2 Å². The molecule has 0 atom stereocenters. The SMILES string of the molecule is CC(C)CC(=O)Nc1ccc(C(=O)CSc2nnc(-c3ccco3)n2C)cc1. The molecule has 1 amide bonds. The van der Waals surface area contributed by atoms with Gasteiger partial charge in [-0.2, -0.15) is 0 Å². The molecule has 0 fully saturated rings. The summed E-state index contributed by atoms with van der Waals surface area (Å²) in [6, 6.07) is 10.5. The molecule has 1 N–H and O–H groups in total. The van der Waals surface area contributed by atoms with Crippen LogP contribution < -0.4 is 5.32 Å².